The Labute approximate surface area is 168 Å². The number of anilines is 2. The van der Waals surface area contributed by atoms with E-state index in [1.165, 1.54) is 6.08 Å². The predicted molar refractivity (Wildman–Crippen MR) is 109 cm³/mol. The summed E-state index contributed by atoms with van der Waals surface area (Å²) in [6.45, 7) is 4.37. The quantitative estimate of drug-likeness (QED) is 0.784. The first-order chi connectivity index (χ1) is 14.0. The number of carbonyl (C=O) groups excluding carboxylic acids is 3. The lowest BCUT2D eigenvalue weighted by Crippen LogP contribution is -2.49. The Morgan fingerprint density at radius 3 is 2.48 bits per heavy atom. The summed E-state index contributed by atoms with van der Waals surface area (Å²) < 4.78 is 5.70. The molecule has 2 aliphatic rings. The summed E-state index contributed by atoms with van der Waals surface area (Å²) in [5.41, 5.74) is 2.16. The zero-order chi connectivity index (χ0) is 20.4. The number of carbonyl (C=O) groups is 3. The molecule has 0 unspecified atom stereocenters. The summed E-state index contributed by atoms with van der Waals surface area (Å²) in [4.78, 5) is 38.0. The summed E-state index contributed by atoms with van der Waals surface area (Å²) >= 11 is 0. The molecule has 7 heteroatoms. The number of likely N-dealkylation sites (tertiary alicyclic amines) is 1. The molecule has 0 aliphatic carbocycles. The molecule has 2 aliphatic heterocycles. The molecule has 0 saturated carbocycles. The number of nitrogens with one attached hydrogen (secondary N) is 2. The number of para-hydroxylation sites is 1. The van der Waals surface area contributed by atoms with E-state index in [1.54, 1.807) is 29.2 Å². The average Bonchev–Trinajstić information content (AvgIpc) is 2.74. The van der Waals surface area contributed by atoms with Crippen LogP contribution in [0.2, 0.25) is 0 Å². The van der Waals surface area contributed by atoms with Crippen LogP contribution in [0.5, 0.6) is 0 Å². The normalized spacial score (nSPS) is 17.0. The van der Waals surface area contributed by atoms with E-state index >= 15 is 0 Å². The topological polar surface area (TPSA) is 87.7 Å². The molecular formula is C22H21N3O4. The van der Waals surface area contributed by atoms with Crippen molar-refractivity contribution >= 4 is 29.3 Å². The minimum atomic E-state index is -0.700. The Balaban J connectivity index is 1.46. The van der Waals surface area contributed by atoms with Gasteiger partial charge in [-0.05, 0) is 36.4 Å². The monoisotopic (exact) mass is 391 g/mol. The molecular weight excluding hydrogens is 370 g/mol. The van der Waals surface area contributed by atoms with E-state index in [4.69, 9.17) is 4.74 Å². The number of rotatable bonds is 3. The molecule has 2 heterocycles. The highest BCUT2D eigenvalue weighted by Crippen LogP contribution is 2.43. The van der Waals surface area contributed by atoms with Gasteiger partial charge in [-0.3, -0.25) is 14.9 Å². The van der Waals surface area contributed by atoms with Crippen molar-refractivity contribution < 1.29 is 19.1 Å². The smallest absolute Gasteiger partial charge is 0.412 e. The zero-order valence-corrected chi connectivity index (χ0v) is 15.8. The fraction of sp³-hybridized carbons (Fsp3) is 0.227. The second-order valence-corrected chi connectivity index (χ2v) is 7.12. The van der Waals surface area contributed by atoms with Gasteiger partial charge in [-0.15, -0.1) is 0 Å². The number of benzene rings is 2. The largest absolute Gasteiger partial charge is 0.438 e. The molecule has 2 aromatic carbocycles. The minimum Gasteiger partial charge on any atom is -0.438 e. The maximum atomic E-state index is 12.9. The Kier molecular flexibility index (Phi) is 4.80. The first-order valence-corrected chi connectivity index (χ1v) is 9.43. The van der Waals surface area contributed by atoms with Crippen LogP contribution in [0.1, 0.15) is 28.8 Å². The summed E-state index contributed by atoms with van der Waals surface area (Å²) in [6.07, 6.45) is 1.81. The van der Waals surface area contributed by atoms with Gasteiger partial charge in [-0.25, -0.2) is 4.79 Å². The van der Waals surface area contributed by atoms with E-state index in [-0.39, 0.29) is 11.8 Å². The van der Waals surface area contributed by atoms with Gasteiger partial charge >= 0.3 is 6.09 Å². The Bertz CT molecular complexity index is 976. The molecule has 1 saturated heterocycles. The van der Waals surface area contributed by atoms with Crippen molar-refractivity contribution in [1.29, 1.82) is 0 Å². The van der Waals surface area contributed by atoms with Crippen LogP contribution in [0, 0.1) is 0 Å². The summed E-state index contributed by atoms with van der Waals surface area (Å²) in [6, 6.07) is 14.4. The van der Waals surface area contributed by atoms with Crippen molar-refractivity contribution in [2.24, 2.45) is 0 Å². The molecule has 148 valence electrons. The van der Waals surface area contributed by atoms with Gasteiger partial charge in [-0.2, -0.15) is 0 Å². The first-order valence-electron chi connectivity index (χ1n) is 9.43. The van der Waals surface area contributed by atoms with Crippen molar-refractivity contribution in [3.63, 3.8) is 0 Å². The molecule has 0 radical (unpaired) electrons. The third-order valence-electron chi connectivity index (χ3n) is 5.39. The minimum absolute atomic E-state index is 0.0880. The van der Waals surface area contributed by atoms with Gasteiger partial charge in [0.2, 0.25) is 5.91 Å². The number of nitrogens with zero attached hydrogens (tertiary/aromatic N) is 1. The lowest BCUT2D eigenvalue weighted by molar-refractivity contribution is -0.111. The second kappa shape index (κ2) is 7.43. The molecule has 4 rings (SSSR count). The molecule has 0 atom stereocenters. The maximum absolute atomic E-state index is 12.9. The average molecular weight is 391 g/mol. The SMILES string of the molecule is C=CC(=O)Nc1ccc(C(=O)N2CCC3(CC2)OC(=O)Nc2ccccc23)cc1. The van der Waals surface area contributed by atoms with Gasteiger partial charge in [0.25, 0.3) is 5.91 Å². The van der Waals surface area contributed by atoms with Crippen molar-refractivity contribution in [2.45, 2.75) is 18.4 Å². The van der Waals surface area contributed by atoms with Crippen LogP contribution in [-0.4, -0.2) is 35.9 Å². The molecule has 29 heavy (non-hydrogen) atoms. The molecule has 1 fully saturated rings. The number of amides is 3. The lowest BCUT2D eigenvalue weighted by Gasteiger charge is -2.44. The summed E-state index contributed by atoms with van der Waals surface area (Å²) in [7, 11) is 0. The Morgan fingerprint density at radius 1 is 1.10 bits per heavy atom. The van der Waals surface area contributed by atoms with Gasteiger partial charge in [0.1, 0.15) is 5.60 Å². The third kappa shape index (κ3) is 3.59. The Morgan fingerprint density at radius 2 is 1.79 bits per heavy atom. The van der Waals surface area contributed by atoms with Gasteiger partial charge in [0.15, 0.2) is 0 Å². The van der Waals surface area contributed by atoms with Crippen molar-refractivity contribution in [1.82, 2.24) is 4.90 Å². The van der Waals surface area contributed by atoms with Gasteiger partial charge in [0.05, 0.1) is 5.69 Å². The molecule has 0 bridgehead atoms. The standard InChI is InChI=1S/C22H21N3O4/c1-2-19(26)23-16-9-7-15(8-10-16)20(27)25-13-11-22(12-14-25)17-5-3-4-6-18(17)24-21(28)29-22/h2-10H,1,11-14H2,(H,23,26)(H,24,28). The van der Waals surface area contributed by atoms with Crippen LogP contribution in [0.4, 0.5) is 16.2 Å². The summed E-state index contributed by atoms with van der Waals surface area (Å²) in [5, 5.41) is 5.39. The third-order valence-corrected chi connectivity index (χ3v) is 5.39. The van der Waals surface area contributed by atoms with E-state index in [0.29, 0.717) is 37.2 Å². The number of piperidine rings is 1. The van der Waals surface area contributed by atoms with Crippen LogP contribution in [0.3, 0.4) is 0 Å². The second-order valence-electron chi connectivity index (χ2n) is 7.12. The highest BCUT2D eigenvalue weighted by atomic mass is 16.6. The maximum Gasteiger partial charge on any atom is 0.412 e. The van der Waals surface area contributed by atoms with E-state index in [1.807, 2.05) is 24.3 Å². The zero-order valence-electron chi connectivity index (χ0n) is 15.8. The molecule has 7 nitrogen and oxygen atoms in total. The predicted octanol–water partition coefficient (Wildman–Crippen LogP) is 3.50. The molecule has 1 spiro atoms. The summed E-state index contributed by atoms with van der Waals surface area (Å²) in [5.74, 6) is -0.391. The van der Waals surface area contributed by atoms with E-state index in [2.05, 4.69) is 17.2 Å². The van der Waals surface area contributed by atoms with Gasteiger partial charge in [0, 0.05) is 42.7 Å². The lowest BCUT2D eigenvalue weighted by atomic mass is 9.82. The van der Waals surface area contributed by atoms with Crippen LogP contribution in [-0.2, 0) is 15.1 Å². The van der Waals surface area contributed by atoms with E-state index in [0.717, 1.165) is 11.3 Å². The van der Waals surface area contributed by atoms with Crippen LogP contribution in [0.25, 0.3) is 0 Å². The van der Waals surface area contributed by atoms with Crippen molar-refractivity contribution in [3.05, 3.63) is 72.3 Å². The van der Waals surface area contributed by atoms with Gasteiger partial charge in [-0.1, -0.05) is 24.8 Å². The van der Waals surface area contributed by atoms with Crippen LogP contribution >= 0.6 is 0 Å². The highest BCUT2D eigenvalue weighted by Gasteiger charge is 2.45. The molecule has 0 aromatic heterocycles. The number of hydrogen-bond acceptors (Lipinski definition) is 4. The van der Waals surface area contributed by atoms with E-state index in [9.17, 15) is 14.4 Å². The van der Waals surface area contributed by atoms with Crippen LogP contribution < -0.4 is 10.6 Å². The number of ether oxygens (including phenoxy) is 1. The number of fused-ring (bicyclic) bond motifs is 2. The van der Waals surface area contributed by atoms with Crippen molar-refractivity contribution in [2.75, 3.05) is 23.7 Å². The fourth-order valence-electron chi connectivity index (χ4n) is 3.87. The fourth-order valence-corrected chi connectivity index (χ4v) is 3.87. The first kappa shape index (κ1) is 18.7. The van der Waals surface area contributed by atoms with E-state index < -0.39 is 11.7 Å². The van der Waals surface area contributed by atoms with Gasteiger partial charge < -0.3 is 15.0 Å². The van der Waals surface area contributed by atoms with Crippen LogP contribution in [0.15, 0.2) is 61.2 Å². The number of hydrogen-bond donors (Lipinski definition) is 2. The molecule has 2 N–H and O–H groups in total. The highest BCUT2D eigenvalue weighted by molar-refractivity contribution is 5.99. The molecule has 2 aromatic rings. The molecule has 3 amide bonds. The Hall–Kier alpha value is -3.61. The van der Waals surface area contributed by atoms with Crippen molar-refractivity contribution in [3.8, 4) is 0 Å².